The van der Waals surface area contributed by atoms with Crippen molar-refractivity contribution in [1.82, 2.24) is 11.9 Å². The maximum absolute atomic E-state index is 6.87. The van der Waals surface area contributed by atoms with Gasteiger partial charge < -0.3 is 9.47 Å². The maximum atomic E-state index is 6.87. The number of benzene rings is 9. The molecule has 0 atom stereocenters. The highest BCUT2D eigenvalue weighted by molar-refractivity contribution is 8.30. The Labute approximate surface area is 388 Å². The van der Waals surface area contributed by atoms with Crippen LogP contribution in [0.3, 0.4) is 0 Å². The summed E-state index contributed by atoms with van der Waals surface area (Å²) in [5, 5.41) is 6.96. The smallest absolute Gasteiger partial charge is 0.260 e. The van der Waals surface area contributed by atoms with Crippen LogP contribution in [-0.4, -0.2) is 18.6 Å². The number of nitrogens with zero attached hydrogens (tertiary/aromatic N) is 3. The van der Waals surface area contributed by atoms with Crippen LogP contribution >= 0.6 is 10.6 Å². The Hall–Kier alpha value is -8.57. The van der Waals surface area contributed by atoms with Crippen molar-refractivity contribution < 1.29 is 9.47 Å². The van der Waals surface area contributed by atoms with E-state index in [0.717, 1.165) is 99.3 Å². The molecule has 0 saturated carbocycles. The zero-order chi connectivity index (χ0) is 43.8. The van der Waals surface area contributed by atoms with Crippen LogP contribution in [0.5, 0.6) is 23.0 Å². The van der Waals surface area contributed by atoms with Crippen LogP contribution in [0, 0.1) is 12.1 Å². The molecule has 0 bridgehead atoms. The van der Waals surface area contributed by atoms with E-state index >= 15 is 0 Å². The molecular weight excluding hydrogens is 838 g/mol. The lowest BCUT2D eigenvalue weighted by Gasteiger charge is -2.47. The fourth-order valence-corrected chi connectivity index (χ4v) is 15.6. The Balaban J connectivity index is 1.12. The van der Waals surface area contributed by atoms with Gasteiger partial charge in [-0.2, -0.15) is 0 Å². The zero-order valence-electron chi connectivity index (χ0n) is 35.9. The van der Waals surface area contributed by atoms with Gasteiger partial charge in [-0.25, -0.2) is 0 Å². The maximum Gasteiger partial charge on any atom is 0.260 e. The van der Waals surface area contributed by atoms with Crippen molar-refractivity contribution in [2.24, 2.45) is 0 Å². The van der Waals surface area contributed by atoms with Crippen molar-refractivity contribution in [2.75, 3.05) is 0 Å². The van der Waals surface area contributed by atoms with Crippen LogP contribution in [0.15, 0.2) is 223 Å². The molecule has 7 heteroatoms. The predicted molar refractivity (Wildman–Crippen MR) is 278 cm³/mol. The molecule has 0 amide bonds. The number of hydrogen-bond donors (Lipinski definition) is 0. The molecule has 5 nitrogen and oxygen atoms in total. The highest BCUT2D eigenvalue weighted by atomic mass is 32.3. The summed E-state index contributed by atoms with van der Waals surface area (Å²) < 4.78 is 21.8. The van der Waals surface area contributed by atoms with E-state index in [-0.39, 0.29) is 6.71 Å². The molecule has 15 rings (SSSR count). The van der Waals surface area contributed by atoms with Crippen molar-refractivity contribution >= 4 is 99.1 Å². The van der Waals surface area contributed by atoms with Crippen molar-refractivity contribution in [3.8, 4) is 34.1 Å². The summed E-state index contributed by atoms with van der Waals surface area (Å²) in [5.74, 6) is 3.37. The Morgan fingerprint density at radius 1 is 0.373 bits per heavy atom. The number of aromatic nitrogens is 3. The van der Waals surface area contributed by atoms with E-state index in [2.05, 4.69) is 236 Å². The SMILES string of the molecule is c1ccc2c(c#1)c1ccccc1n2S(c1cccc(-c2cc3c4c(c2)Oc2ccccc2B4c2ccccc2O3)c1)(n1c2ccccc2c2ccccc21)n1c2ccccc2c2ccccc21. The van der Waals surface area contributed by atoms with Crippen LogP contribution in [-0.2, 0) is 0 Å². The molecule has 5 heterocycles. The lowest BCUT2D eigenvalue weighted by Crippen LogP contribution is -2.57. The molecule has 0 spiro atoms. The van der Waals surface area contributed by atoms with Gasteiger partial charge in [-0.1, -0.05) is 152 Å². The van der Waals surface area contributed by atoms with E-state index in [1.54, 1.807) is 0 Å². The molecular formula is C60H36BN3O2S. The lowest BCUT2D eigenvalue weighted by molar-refractivity contribution is 0.465. The molecule has 0 radical (unpaired) electrons. The second kappa shape index (κ2) is 13.7. The highest BCUT2D eigenvalue weighted by Crippen LogP contribution is 2.67. The molecule has 0 N–H and O–H groups in total. The summed E-state index contributed by atoms with van der Waals surface area (Å²) in [5.41, 5.74) is 12.2. The van der Waals surface area contributed by atoms with Gasteiger partial charge in [-0.15, -0.1) is 0 Å². The first-order valence-electron chi connectivity index (χ1n) is 22.7. The van der Waals surface area contributed by atoms with Crippen LogP contribution in [0.1, 0.15) is 0 Å². The van der Waals surface area contributed by atoms with Gasteiger partial charge >= 0.3 is 0 Å². The first-order valence-corrected chi connectivity index (χ1v) is 24.2. The highest BCUT2D eigenvalue weighted by Gasteiger charge is 2.43. The molecule has 67 heavy (non-hydrogen) atoms. The fourth-order valence-electron chi connectivity index (χ4n) is 11.3. The van der Waals surface area contributed by atoms with Gasteiger partial charge in [0.1, 0.15) is 23.0 Å². The van der Waals surface area contributed by atoms with Gasteiger partial charge in [0.2, 0.25) is 0 Å². The van der Waals surface area contributed by atoms with E-state index in [9.17, 15) is 0 Å². The normalized spacial score (nSPS) is 13.1. The molecule has 0 saturated heterocycles. The predicted octanol–water partition coefficient (Wildman–Crippen LogP) is 13.6. The zero-order valence-corrected chi connectivity index (χ0v) is 36.7. The Kier molecular flexibility index (Phi) is 7.53. The summed E-state index contributed by atoms with van der Waals surface area (Å²) in [4.78, 5) is 1.14. The Bertz CT molecular complexity index is 3720. The van der Waals surface area contributed by atoms with Gasteiger partial charge in [0.05, 0.1) is 38.5 Å². The molecule has 312 valence electrons. The van der Waals surface area contributed by atoms with Gasteiger partial charge in [0, 0.05) is 47.9 Å². The van der Waals surface area contributed by atoms with Crippen molar-refractivity contribution in [1.29, 1.82) is 0 Å². The molecule has 13 aromatic rings. The molecule has 2 aliphatic rings. The first-order chi connectivity index (χ1) is 33.3. The summed E-state index contributed by atoms with van der Waals surface area (Å²) in [6.07, 6.45) is 0. The van der Waals surface area contributed by atoms with E-state index < -0.39 is 10.6 Å². The average molecular weight is 874 g/mol. The number of fused-ring (bicyclic) bond motifs is 13. The van der Waals surface area contributed by atoms with Crippen LogP contribution in [0.2, 0.25) is 0 Å². The van der Waals surface area contributed by atoms with Crippen molar-refractivity contribution in [3.63, 3.8) is 0 Å². The number of ether oxygens (including phenoxy) is 2. The van der Waals surface area contributed by atoms with Crippen molar-refractivity contribution in [2.45, 2.75) is 4.90 Å². The van der Waals surface area contributed by atoms with E-state index in [1.165, 1.54) is 21.5 Å². The van der Waals surface area contributed by atoms with E-state index in [1.807, 2.05) is 6.07 Å². The second-order valence-electron chi connectivity index (χ2n) is 17.5. The third-order valence-electron chi connectivity index (χ3n) is 14.0. The third-order valence-corrected chi connectivity index (χ3v) is 17.6. The average Bonchev–Trinajstić information content (AvgIpc) is 4.04. The van der Waals surface area contributed by atoms with E-state index in [0.29, 0.717) is 0 Å². The molecule has 0 unspecified atom stereocenters. The summed E-state index contributed by atoms with van der Waals surface area (Å²) >= 11 is 0. The minimum atomic E-state index is -2.73. The molecule has 0 fully saturated rings. The second-order valence-corrected chi connectivity index (χ2v) is 20.1. The monoisotopic (exact) mass is 873 g/mol. The molecule has 0 aliphatic carbocycles. The standard InChI is InChI=1S/C60H36BN3O2S/c1-9-28-50-42(20-1)43-21-2-10-29-51(43)62(50)67(63-52-30-11-3-22-44(52)45-23-4-12-31-53(45)63,64-54-32-13-5-24-46(54)47-25-6-14-33-55(47)64)41-19-17-18-39(36-41)40-37-58-60-59(38-40)66-57-35-16-8-27-49(57)61(60)48-26-7-15-34-56(48)65-58/h1-5,7-24,26-38H. The first kappa shape index (κ1) is 36.7. The number of hydrogen-bond acceptors (Lipinski definition) is 2. The largest absolute Gasteiger partial charge is 0.458 e. The number of para-hydroxylation sites is 7. The fraction of sp³-hybridized carbons (Fsp3) is 0. The third kappa shape index (κ3) is 4.92. The van der Waals surface area contributed by atoms with Gasteiger partial charge in [-0.05, 0) is 101 Å². The topological polar surface area (TPSA) is 33.2 Å². The van der Waals surface area contributed by atoms with Crippen molar-refractivity contribution in [3.05, 3.63) is 231 Å². The Morgan fingerprint density at radius 2 is 0.821 bits per heavy atom. The van der Waals surface area contributed by atoms with Gasteiger partial charge in [0.25, 0.3) is 6.71 Å². The minimum absolute atomic E-state index is 0.00710. The van der Waals surface area contributed by atoms with Crippen LogP contribution < -0.4 is 25.9 Å². The number of rotatable bonds is 5. The van der Waals surface area contributed by atoms with Gasteiger partial charge in [0.15, 0.2) is 0 Å². The Morgan fingerprint density at radius 3 is 1.36 bits per heavy atom. The van der Waals surface area contributed by atoms with E-state index in [4.69, 9.17) is 9.47 Å². The molecule has 2 aliphatic heterocycles. The quantitative estimate of drug-likeness (QED) is 0.161. The molecule has 10 aromatic carbocycles. The lowest BCUT2D eigenvalue weighted by atomic mass is 9.35. The van der Waals surface area contributed by atoms with Crippen LogP contribution in [0.4, 0.5) is 0 Å². The van der Waals surface area contributed by atoms with Crippen LogP contribution in [0.25, 0.3) is 76.5 Å². The summed E-state index contributed by atoms with van der Waals surface area (Å²) in [6.45, 7) is -0.00710. The summed E-state index contributed by atoms with van der Waals surface area (Å²) in [6, 6.07) is 86.2. The summed E-state index contributed by atoms with van der Waals surface area (Å²) in [7, 11) is -2.73. The van der Waals surface area contributed by atoms with Gasteiger partial charge in [-0.3, -0.25) is 11.9 Å². The molecule has 3 aromatic heterocycles. The minimum Gasteiger partial charge on any atom is -0.458 e.